The van der Waals surface area contributed by atoms with Gasteiger partial charge in [0, 0.05) is 17.6 Å². The van der Waals surface area contributed by atoms with E-state index in [0.717, 1.165) is 15.8 Å². The highest BCUT2D eigenvalue weighted by molar-refractivity contribution is 9.10. The lowest BCUT2D eigenvalue weighted by Crippen LogP contribution is -2.14. The lowest BCUT2D eigenvalue weighted by atomic mass is 10.1. The molecule has 1 unspecified atom stereocenters. The number of nitrogens with zero attached hydrogens (tertiary/aromatic N) is 2. The summed E-state index contributed by atoms with van der Waals surface area (Å²) in [6.07, 6.45) is 0. The zero-order valence-corrected chi connectivity index (χ0v) is 14.0. The van der Waals surface area contributed by atoms with Gasteiger partial charge in [-0.3, -0.25) is 0 Å². The lowest BCUT2D eigenvalue weighted by molar-refractivity contribution is 0.652. The van der Waals surface area contributed by atoms with Crippen LogP contribution in [0.5, 0.6) is 0 Å². The summed E-state index contributed by atoms with van der Waals surface area (Å²) in [6.45, 7) is 2.12. The van der Waals surface area contributed by atoms with Crippen LogP contribution in [0.15, 0.2) is 46.9 Å². The van der Waals surface area contributed by atoms with Gasteiger partial charge in [-0.05, 0) is 59.7 Å². The average molecular weight is 344 g/mol. The summed E-state index contributed by atoms with van der Waals surface area (Å²) in [6, 6.07) is 16.4. The Hall–Kier alpha value is -1.83. The van der Waals surface area contributed by atoms with Crippen LogP contribution >= 0.6 is 15.9 Å². The normalized spacial score (nSPS) is 11.8. The molecule has 1 N–H and O–H groups in total. The van der Waals surface area contributed by atoms with E-state index in [-0.39, 0.29) is 0 Å². The van der Waals surface area contributed by atoms with Gasteiger partial charge in [-0.2, -0.15) is 5.26 Å². The van der Waals surface area contributed by atoms with Gasteiger partial charge in [0.1, 0.15) is 6.07 Å². The van der Waals surface area contributed by atoms with Crippen LogP contribution in [0.2, 0.25) is 0 Å². The van der Waals surface area contributed by atoms with E-state index in [4.69, 9.17) is 0 Å². The van der Waals surface area contributed by atoms with E-state index in [1.807, 2.05) is 43.3 Å². The molecule has 0 bridgehead atoms. The number of hydrogen-bond acceptors (Lipinski definition) is 3. The molecule has 0 radical (unpaired) electrons. The van der Waals surface area contributed by atoms with E-state index in [2.05, 4.69) is 52.4 Å². The topological polar surface area (TPSA) is 39.1 Å². The van der Waals surface area contributed by atoms with E-state index in [1.165, 1.54) is 5.56 Å². The maximum atomic E-state index is 9.24. The average Bonchev–Trinajstić information content (AvgIpc) is 2.53. The molecule has 0 heterocycles. The van der Waals surface area contributed by atoms with Crippen LogP contribution in [-0.2, 0) is 0 Å². The number of para-hydroxylation sites is 1. The smallest absolute Gasteiger partial charge is 0.101 e. The molecule has 1 atom stereocenters. The summed E-state index contributed by atoms with van der Waals surface area (Å²) in [5.41, 5.74) is 3.81. The second kappa shape index (κ2) is 6.75. The first-order chi connectivity index (χ1) is 10.1. The van der Waals surface area contributed by atoms with Crippen molar-refractivity contribution in [3.63, 3.8) is 0 Å². The van der Waals surface area contributed by atoms with Gasteiger partial charge in [0.15, 0.2) is 0 Å². The highest BCUT2D eigenvalue weighted by Gasteiger charge is 2.13. The van der Waals surface area contributed by atoms with Gasteiger partial charge >= 0.3 is 0 Å². The molecular formula is C17H18BrN3. The zero-order valence-electron chi connectivity index (χ0n) is 12.4. The molecule has 0 aromatic heterocycles. The molecule has 2 rings (SSSR count). The van der Waals surface area contributed by atoms with E-state index >= 15 is 0 Å². The predicted octanol–water partition coefficient (Wildman–Crippen LogP) is 4.37. The van der Waals surface area contributed by atoms with Gasteiger partial charge in [-0.25, -0.2) is 0 Å². The molecule has 0 aliphatic rings. The van der Waals surface area contributed by atoms with Gasteiger partial charge in [0.2, 0.25) is 0 Å². The van der Waals surface area contributed by atoms with Crippen LogP contribution in [-0.4, -0.2) is 14.1 Å². The molecule has 108 valence electrons. The molecule has 2 aromatic carbocycles. The standard InChI is InChI=1S/C17H18BrN3/c1-12(20-2)13-8-9-17(15(18)10-13)21(3)16-7-5-4-6-14(16)11-19/h4-10,12,20H,1-3H3. The molecular weight excluding hydrogens is 326 g/mol. The molecule has 0 aliphatic carbocycles. The van der Waals surface area contributed by atoms with E-state index < -0.39 is 0 Å². The highest BCUT2D eigenvalue weighted by Crippen LogP contribution is 2.34. The van der Waals surface area contributed by atoms with Crippen LogP contribution in [0.1, 0.15) is 24.1 Å². The van der Waals surface area contributed by atoms with Gasteiger partial charge in [0.05, 0.1) is 16.9 Å². The molecule has 0 saturated heterocycles. The number of anilines is 2. The van der Waals surface area contributed by atoms with Crippen molar-refractivity contribution in [2.75, 3.05) is 19.0 Å². The van der Waals surface area contributed by atoms with Crippen molar-refractivity contribution in [3.8, 4) is 6.07 Å². The molecule has 21 heavy (non-hydrogen) atoms. The van der Waals surface area contributed by atoms with E-state index in [0.29, 0.717) is 11.6 Å². The van der Waals surface area contributed by atoms with Crippen LogP contribution in [0.4, 0.5) is 11.4 Å². The first kappa shape index (κ1) is 15.6. The van der Waals surface area contributed by atoms with Crippen molar-refractivity contribution in [1.82, 2.24) is 5.32 Å². The Morgan fingerprint density at radius 1 is 1.19 bits per heavy atom. The summed E-state index contributed by atoms with van der Waals surface area (Å²) in [7, 11) is 3.92. The second-order valence-electron chi connectivity index (χ2n) is 4.91. The van der Waals surface area contributed by atoms with E-state index in [9.17, 15) is 5.26 Å². The van der Waals surface area contributed by atoms with Crippen LogP contribution in [0, 0.1) is 11.3 Å². The largest absolute Gasteiger partial charge is 0.343 e. The molecule has 2 aromatic rings. The first-order valence-electron chi connectivity index (χ1n) is 6.78. The van der Waals surface area contributed by atoms with Crippen LogP contribution < -0.4 is 10.2 Å². The predicted molar refractivity (Wildman–Crippen MR) is 90.8 cm³/mol. The Morgan fingerprint density at radius 3 is 2.52 bits per heavy atom. The molecule has 3 nitrogen and oxygen atoms in total. The molecule has 0 saturated carbocycles. The molecule has 0 aliphatic heterocycles. The highest BCUT2D eigenvalue weighted by atomic mass is 79.9. The van der Waals surface area contributed by atoms with Crippen LogP contribution in [0.25, 0.3) is 0 Å². The molecule has 4 heteroatoms. The fourth-order valence-electron chi connectivity index (χ4n) is 2.22. The molecule has 0 amide bonds. The lowest BCUT2D eigenvalue weighted by Gasteiger charge is -2.23. The third kappa shape index (κ3) is 3.26. The van der Waals surface area contributed by atoms with Gasteiger partial charge < -0.3 is 10.2 Å². The summed E-state index contributed by atoms with van der Waals surface area (Å²) >= 11 is 3.64. The SMILES string of the molecule is CNC(C)c1ccc(N(C)c2ccccc2C#N)c(Br)c1. The van der Waals surface area contributed by atoms with Crippen molar-refractivity contribution in [2.24, 2.45) is 0 Å². The fourth-order valence-corrected chi connectivity index (χ4v) is 2.88. The second-order valence-corrected chi connectivity index (χ2v) is 5.76. The van der Waals surface area contributed by atoms with Crippen molar-refractivity contribution >= 4 is 27.3 Å². The Kier molecular flexibility index (Phi) is 5.00. The van der Waals surface area contributed by atoms with Crippen molar-refractivity contribution < 1.29 is 0 Å². The summed E-state index contributed by atoms with van der Waals surface area (Å²) < 4.78 is 1.01. The maximum absolute atomic E-state index is 9.24. The minimum Gasteiger partial charge on any atom is -0.343 e. The summed E-state index contributed by atoms with van der Waals surface area (Å²) in [5, 5.41) is 12.5. The number of halogens is 1. The minimum absolute atomic E-state index is 0.298. The fraction of sp³-hybridized carbons (Fsp3) is 0.235. The molecule has 0 spiro atoms. The summed E-state index contributed by atoms with van der Waals surface area (Å²) in [5.74, 6) is 0. The van der Waals surface area contributed by atoms with Crippen LogP contribution in [0.3, 0.4) is 0 Å². The van der Waals surface area contributed by atoms with Crippen molar-refractivity contribution in [3.05, 3.63) is 58.1 Å². The Bertz CT molecular complexity index is 676. The number of benzene rings is 2. The maximum Gasteiger partial charge on any atom is 0.101 e. The number of nitriles is 1. The number of nitrogens with one attached hydrogen (secondary N) is 1. The van der Waals surface area contributed by atoms with Crippen molar-refractivity contribution in [2.45, 2.75) is 13.0 Å². The zero-order chi connectivity index (χ0) is 15.4. The Labute approximate surface area is 134 Å². The van der Waals surface area contributed by atoms with Crippen molar-refractivity contribution in [1.29, 1.82) is 5.26 Å². The van der Waals surface area contributed by atoms with Gasteiger partial charge in [-0.1, -0.05) is 18.2 Å². The first-order valence-corrected chi connectivity index (χ1v) is 7.57. The Balaban J connectivity index is 2.40. The van der Waals surface area contributed by atoms with Gasteiger partial charge in [0.25, 0.3) is 0 Å². The number of rotatable bonds is 4. The third-order valence-corrected chi connectivity index (χ3v) is 4.29. The third-order valence-electron chi connectivity index (χ3n) is 3.65. The Morgan fingerprint density at radius 2 is 1.90 bits per heavy atom. The number of hydrogen-bond donors (Lipinski definition) is 1. The summed E-state index contributed by atoms with van der Waals surface area (Å²) in [4.78, 5) is 2.02. The van der Waals surface area contributed by atoms with E-state index in [1.54, 1.807) is 0 Å². The monoisotopic (exact) mass is 343 g/mol. The van der Waals surface area contributed by atoms with Gasteiger partial charge in [-0.15, -0.1) is 0 Å². The molecule has 0 fully saturated rings. The quantitative estimate of drug-likeness (QED) is 0.895. The minimum atomic E-state index is 0.298.